The molecule has 1 amide bonds. The Bertz CT molecular complexity index is 1190. The summed E-state index contributed by atoms with van der Waals surface area (Å²) in [4.78, 5) is 17.2. The molecule has 0 aliphatic heterocycles. The van der Waals surface area contributed by atoms with Gasteiger partial charge in [-0.3, -0.25) is 4.79 Å². The zero-order valence-corrected chi connectivity index (χ0v) is 15.8. The number of imidazole rings is 1. The Morgan fingerprint density at radius 2 is 1.72 bits per heavy atom. The smallest absolute Gasteiger partial charge is 0.225 e. The van der Waals surface area contributed by atoms with E-state index in [1.165, 1.54) is 18.2 Å². The van der Waals surface area contributed by atoms with Crippen molar-refractivity contribution in [3.63, 3.8) is 0 Å². The van der Waals surface area contributed by atoms with Crippen LogP contribution >= 0.6 is 0 Å². The van der Waals surface area contributed by atoms with Crippen LogP contribution < -0.4 is 5.32 Å². The van der Waals surface area contributed by atoms with Crippen LogP contribution in [0.4, 0.5) is 14.5 Å². The number of hydrogen-bond donors (Lipinski definition) is 1. The van der Waals surface area contributed by atoms with Crippen LogP contribution in [0.2, 0.25) is 0 Å². The summed E-state index contributed by atoms with van der Waals surface area (Å²) in [6, 6.07) is 18.0. The summed E-state index contributed by atoms with van der Waals surface area (Å²) in [7, 11) is 0. The minimum absolute atomic E-state index is 0.0581. The number of anilines is 1. The Labute approximate surface area is 166 Å². The summed E-state index contributed by atoms with van der Waals surface area (Å²) in [5.74, 6) is -1.92. The van der Waals surface area contributed by atoms with Crippen molar-refractivity contribution in [1.82, 2.24) is 9.38 Å². The van der Waals surface area contributed by atoms with Gasteiger partial charge in [0, 0.05) is 24.2 Å². The number of aryl methyl sites for hydroxylation is 1. The molecule has 0 bridgehead atoms. The van der Waals surface area contributed by atoms with Gasteiger partial charge in [0.05, 0.1) is 11.4 Å². The number of nitrogens with one attached hydrogen (secondary N) is 1. The Balaban J connectivity index is 1.74. The number of amides is 1. The number of carbonyl (C=O) groups is 1. The van der Waals surface area contributed by atoms with E-state index in [1.807, 2.05) is 29.5 Å². The van der Waals surface area contributed by atoms with Crippen LogP contribution in [-0.2, 0) is 4.79 Å². The molecule has 4 rings (SSSR count). The second-order valence-corrected chi connectivity index (χ2v) is 6.85. The van der Waals surface area contributed by atoms with Gasteiger partial charge in [-0.05, 0) is 42.8 Å². The van der Waals surface area contributed by atoms with Gasteiger partial charge in [-0.15, -0.1) is 0 Å². The maximum atomic E-state index is 14.7. The SMILES string of the molecule is Cc1cccc2ncc(C(CC(=O)Nc3ccccc3F)c3ccccc3F)n12. The van der Waals surface area contributed by atoms with Crippen molar-refractivity contribution >= 4 is 17.2 Å². The maximum absolute atomic E-state index is 14.7. The van der Waals surface area contributed by atoms with Gasteiger partial charge in [0.1, 0.15) is 17.3 Å². The molecule has 1 unspecified atom stereocenters. The first-order valence-corrected chi connectivity index (χ1v) is 9.26. The van der Waals surface area contributed by atoms with E-state index < -0.39 is 23.5 Å². The molecular weight excluding hydrogens is 372 g/mol. The summed E-state index contributed by atoms with van der Waals surface area (Å²) >= 11 is 0. The van der Waals surface area contributed by atoms with E-state index in [1.54, 1.807) is 36.5 Å². The van der Waals surface area contributed by atoms with Crippen molar-refractivity contribution in [2.45, 2.75) is 19.3 Å². The zero-order chi connectivity index (χ0) is 20.4. The molecule has 29 heavy (non-hydrogen) atoms. The second kappa shape index (κ2) is 7.83. The standard InChI is InChI=1S/C23H19F2N3O/c1-15-7-6-12-22-26-14-21(28(15)22)17(16-8-2-3-9-18(16)24)13-23(29)27-20-11-5-4-10-19(20)25/h2-12,14,17H,13H2,1H3,(H,27,29). The number of halogens is 2. The molecule has 4 nitrogen and oxygen atoms in total. The van der Waals surface area contributed by atoms with Crippen LogP contribution in [-0.4, -0.2) is 15.3 Å². The maximum Gasteiger partial charge on any atom is 0.225 e. The van der Waals surface area contributed by atoms with Crippen LogP contribution in [0.25, 0.3) is 5.65 Å². The van der Waals surface area contributed by atoms with Gasteiger partial charge >= 0.3 is 0 Å². The molecule has 0 spiro atoms. The lowest BCUT2D eigenvalue weighted by molar-refractivity contribution is -0.116. The first kappa shape index (κ1) is 18.8. The van der Waals surface area contributed by atoms with Crippen LogP contribution in [0, 0.1) is 18.6 Å². The number of rotatable bonds is 5. The average Bonchev–Trinajstić information content (AvgIpc) is 3.14. The van der Waals surface area contributed by atoms with Crippen molar-refractivity contribution in [1.29, 1.82) is 0 Å². The molecule has 1 atom stereocenters. The number of hydrogen-bond acceptors (Lipinski definition) is 2. The average molecular weight is 391 g/mol. The molecule has 0 saturated carbocycles. The van der Waals surface area contributed by atoms with Crippen LogP contribution in [0.3, 0.4) is 0 Å². The molecule has 6 heteroatoms. The van der Waals surface area contributed by atoms with Gasteiger partial charge in [-0.1, -0.05) is 36.4 Å². The van der Waals surface area contributed by atoms with Gasteiger partial charge in [0.2, 0.25) is 5.91 Å². The minimum Gasteiger partial charge on any atom is -0.324 e. The number of pyridine rings is 1. The Morgan fingerprint density at radius 1 is 1.00 bits per heavy atom. The lowest BCUT2D eigenvalue weighted by Crippen LogP contribution is -2.19. The van der Waals surface area contributed by atoms with Crippen LogP contribution in [0.5, 0.6) is 0 Å². The van der Waals surface area contributed by atoms with Crippen molar-refractivity contribution in [2.75, 3.05) is 5.32 Å². The predicted octanol–water partition coefficient (Wildman–Crippen LogP) is 5.08. The van der Waals surface area contributed by atoms with Crippen molar-refractivity contribution in [2.24, 2.45) is 0 Å². The van der Waals surface area contributed by atoms with Crippen LogP contribution in [0.15, 0.2) is 72.9 Å². The van der Waals surface area contributed by atoms with Gasteiger partial charge in [0.15, 0.2) is 0 Å². The Hall–Kier alpha value is -3.54. The normalized spacial score (nSPS) is 12.1. The summed E-state index contributed by atoms with van der Waals surface area (Å²) in [6.07, 6.45) is 1.60. The fourth-order valence-corrected chi connectivity index (χ4v) is 3.56. The molecule has 0 fully saturated rings. The molecule has 0 saturated heterocycles. The first-order valence-electron chi connectivity index (χ1n) is 9.26. The monoisotopic (exact) mass is 391 g/mol. The number of nitrogens with zero attached hydrogens (tertiary/aromatic N) is 2. The van der Waals surface area contributed by atoms with Gasteiger partial charge < -0.3 is 9.72 Å². The van der Waals surface area contributed by atoms with Gasteiger partial charge in [-0.2, -0.15) is 0 Å². The van der Waals surface area contributed by atoms with E-state index in [4.69, 9.17) is 0 Å². The van der Waals surface area contributed by atoms with E-state index in [0.29, 0.717) is 11.3 Å². The zero-order valence-electron chi connectivity index (χ0n) is 15.8. The number of para-hydroxylation sites is 1. The highest BCUT2D eigenvalue weighted by Crippen LogP contribution is 2.31. The van der Waals surface area contributed by atoms with Crippen molar-refractivity contribution in [3.05, 3.63) is 102 Å². The van der Waals surface area contributed by atoms with E-state index in [-0.39, 0.29) is 12.1 Å². The number of fused-ring (bicyclic) bond motifs is 1. The first-order chi connectivity index (χ1) is 14.0. The molecule has 2 aromatic heterocycles. The molecular formula is C23H19F2N3O. The fraction of sp³-hybridized carbons (Fsp3) is 0.130. The molecule has 2 heterocycles. The topological polar surface area (TPSA) is 46.4 Å². The molecule has 0 aliphatic rings. The lowest BCUT2D eigenvalue weighted by atomic mass is 9.91. The highest BCUT2D eigenvalue weighted by atomic mass is 19.1. The minimum atomic E-state index is -0.584. The molecule has 1 N–H and O–H groups in total. The Morgan fingerprint density at radius 3 is 2.48 bits per heavy atom. The van der Waals surface area contributed by atoms with E-state index in [9.17, 15) is 13.6 Å². The van der Waals surface area contributed by atoms with Gasteiger partial charge in [-0.25, -0.2) is 13.8 Å². The Kier molecular flexibility index (Phi) is 5.08. The lowest BCUT2D eigenvalue weighted by Gasteiger charge is -2.19. The number of benzene rings is 2. The largest absolute Gasteiger partial charge is 0.324 e. The second-order valence-electron chi connectivity index (χ2n) is 6.85. The fourth-order valence-electron chi connectivity index (χ4n) is 3.56. The molecule has 4 aromatic rings. The van der Waals surface area contributed by atoms with E-state index in [2.05, 4.69) is 10.3 Å². The summed E-state index contributed by atoms with van der Waals surface area (Å²) in [5.41, 5.74) is 2.83. The predicted molar refractivity (Wildman–Crippen MR) is 108 cm³/mol. The summed E-state index contributed by atoms with van der Waals surface area (Å²) < 4.78 is 30.5. The third kappa shape index (κ3) is 3.74. The summed E-state index contributed by atoms with van der Waals surface area (Å²) in [6.45, 7) is 1.93. The van der Waals surface area contributed by atoms with Gasteiger partial charge in [0.25, 0.3) is 0 Å². The van der Waals surface area contributed by atoms with Crippen LogP contribution in [0.1, 0.15) is 29.3 Å². The van der Waals surface area contributed by atoms with E-state index in [0.717, 1.165) is 11.3 Å². The summed E-state index contributed by atoms with van der Waals surface area (Å²) in [5, 5.41) is 2.59. The molecule has 2 aromatic carbocycles. The third-order valence-electron chi connectivity index (χ3n) is 4.93. The highest BCUT2D eigenvalue weighted by molar-refractivity contribution is 5.91. The number of carbonyl (C=O) groups excluding carboxylic acids is 1. The van der Waals surface area contributed by atoms with E-state index >= 15 is 0 Å². The molecule has 0 aliphatic carbocycles. The van der Waals surface area contributed by atoms with Crippen molar-refractivity contribution in [3.8, 4) is 0 Å². The molecule has 0 radical (unpaired) electrons. The third-order valence-corrected chi connectivity index (χ3v) is 4.93. The quantitative estimate of drug-likeness (QED) is 0.516. The molecule has 146 valence electrons. The number of aromatic nitrogens is 2. The highest BCUT2D eigenvalue weighted by Gasteiger charge is 2.25. The van der Waals surface area contributed by atoms with Crippen molar-refractivity contribution < 1.29 is 13.6 Å².